The van der Waals surface area contributed by atoms with Crippen LogP contribution in [-0.4, -0.2) is 36.8 Å². The molecular weight excluding hydrogens is 464 g/mol. The molecule has 170 valence electrons. The van der Waals surface area contributed by atoms with Crippen LogP contribution in [0.3, 0.4) is 0 Å². The Labute approximate surface area is 197 Å². The summed E-state index contributed by atoms with van der Waals surface area (Å²) >= 11 is 2.85. The van der Waals surface area contributed by atoms with Crippen LogP contribution in [0.25, 0.3) is 0 Å². The van der Waals surface area contributed by atoms with Crippen LogP contribution in [0.5, 0.6) is 0 Å². The molecule has 10 heteroatoms. The van der Waals surface area contributed by atoms with Gasteiger partial charge in [-0.2, -0.15) is 0 Å². The summed E-state index contributed by atoms with van der Waals surface area (Å²) in [5.41, 5.74) is 3.08. The normalized spacial score (nSPS) is 11.4. The number of aromatic nitrogens is 2. The smallest absolute Gasteiger partial charge is 0.264 e. The Balaban J connectivity index is 1.90. The van der Waals surface area contributed by atoms with Crippen molar-refractivity contribution in [3.63, 3.8) is 0 Å². The van der Waals surface area contributed by atoms with Crippen LogP contribution in [0.4, 0.5) is 10.8 Å². The average molecular weight is 491 g/mol. The quantitative estimate of drug-likeness (QED) is 0.342. The zero-order valence-electron chi connectivity index (χ0n) is 18.5. The minimum absolute atomic E-state index is 0.131. The number of sulfonamides is 1. The highest BCUT2D eigenvalue weighted by Gasteiger charge is 2.28. The van der Waals surface area contributed by atoms with Crippen molar-refractivity contribution < 1.29 is 13.2 Å². The number of thioether (sulfide) groups is 1. The van der Waals surface area contributed by atoms with Crippen molar-refractivity contribution in [1.82, 2.24) is 10.2 Å². The first-order chi connectivity index (χ1) is 15.2. The predicted octanol–water partition coefficient (Wildman–Crippen LogP) is 4.80. The fraction of sp³-hybridized carbons (Fsp3) is 0.318. The molecule has 0 fully saturated rings. The van der Waals surface area contributed by atoms with E-state index in [0.29, 0.717) is 10.8 Å². The predicted molar refractivity (Wildman–Crippen MR) is 131 cm³/mol. The number of benzene rings is 2. The third-order valence-corrected chi connectivity index (χ3v) is 8.56. The number of amides is 1. The SMILES string of the molecule is CCCSc1nnc(NC(=O)CN(c2cc(C)ccc2C)S(=O)(=O)c2ccc(C)cc2)s1. The van der Waals surface area contributed by atoms with Crippen LogP contribution in [0.1, 0.15) is 30.0 Å². The number of carbonyl (C=O) groups excluding carboxylic acids is 1. The zero-order chi connectivity index (χ0) is 23.3. The second kappa shape index (κ2) is 10.5. The lowest BCUT2D eigenvalue weighted by atomic mass is 10.1. The van der Waals surface area contributed by atoms with Gasteiger partial charge in [0.25, 0.3) is 10.0 Å². The Morgan fingerprint density at radius 2 is 1.75 bits per heavy atom. The lowest BCUT2D eigenvalue weighted by molar-refractivity contribution is -0.114. The Kier molecular flexibility index (Phi) is 7.91. The highest BCUT2D eigenvalue weighted by molar-refractivity contribution is 8.01. The molecule has 0 atom stereocenters. The summed E-state index contributed by atoms with van der Waals surface area (Å²) in [6, 6.07) is 12.1. The monoisotopic (exact) mass is 490 g/mol. The maximum Gasteiger partial charge on any atom is 0.264 e. The highest BCUT2D eigenvalue weighted by atomic mass is 32.2. The zero-order valence-corrected chi connectivity index (χ0v) is 20.9. The highest BCUT2D eigenvalue weighted by Crippen LogP contribution is 2.29. The minimum Gasteiger partial charge on any atom is -0.299 e. The fourth-order valence-electron chi connectivity index (χ4n) is 2.92. The minimum atomic E-state index is -3.97. The average Bonchev–Trinajstić information content (AvgIpc) is 3.19. The van der Waals surface area contributed by atoms with Gasteiger partial charge in [0.1, 0.15) is 6.54 Å². The van der Waals surface area contributed by atoms with E-state index in [1.165, 1.54) is 11.3 Å². The van der Waals surface area contributed by atoms with Gasteiger partial charge in [0, 0.05) is 5.75 Å². The first-order valence-electron chi connectivity index (χ1n) is 10.1. The Hall–Kier alpha value is -2.43. The van der Waals surface area contributed by atoms with Gasteiger partial charge in [0.2, 0.25) is 11.0 Å². The van der Waals surface area contributed by atoms with Crippen molar-refractivity contribution in [1.29, 1.82) is 0 Å². The number of nitrogens with zero attached hydrogens (tertiary/aromatic N) is 3. The van der Waals surface area contributed by atoms with Gasteiger partial charge < -0.3 is 0 Å². The van der Waals surface area contributed by atoms with E-state index in [1.54, 1.807) is 42.1 Å². The van der Waals surface area contributed by atoms with Gasteiger partial charge in [0.15, 0.2) is 4.34 Å². The van der Waals surface area contributed by atoms with Crippen LogP contribution in [-0.2, 0) is 14.8 Å². The summed E-state index contributed by atoms with van der Waals surface area (Å²) in [6.07, 6.45) is 1.01. The molecule has 0 spiro atoms. The molecule has 1 aromatic heterocycles. The molecule has 32 heavy (non-hydrogen) atoms. The number of carbonyl (C=O) groups is 1. The van der Waals surface area contributed by atoms with Crippen molar-refractivity contribution in [2.24, 2.45) is 0 Å². The Bertz CT molecular complexity index is 1190. The number of aryl methyl sites for hydroxylation is 3. The third-order valence-electron chi connectivity index (χ3n) is 4.61. The molecule has 3 rings (SSSR count). The van der Waals surface area contributed by atoms with E-state index in [-0.39, 0.29) is 11.4 Å². The maximum atomic E-state index is 13.5. The summed E-state index contributed by atoms with van der Waals surface area (Å²) in [4.78, 5) is 13.0. The summed E-state index contributed by atoms with van der Waals surface area (Å²) in [7, 11) is -3.97. The number of hydrogen-bond acceptors (Lipinski definition) is 7. The Morgan fingerprint density at radius 3 is 2.44 bits per heavy atom. The molecule has 2 aromatic carbocycles. The third kappa shape index (κ3) is 5.87. The number of hydrogen-bond donors (Lipinski definition) is 1. The largest absolute Gasteiger partial charge is 0.299 e. The van der Waals surface area contributed by atoms with Gasteiger partial charge in [-0.15, -0.1) is 10.2 Å². The molecule has 0 saturated carbocycles. The van der Waals surface area contributed by atoms with Crippen molar-refractivity contribution in [2.45, 2.75) is 43.4 Å². The van der Waals surface area contributed by atoms with Gasteiger partial charge in [0.05, 0.1) is 10.6 Å². The van der Waals surface area contributed by atoms with Gasteiger partial charge >= 0.3 is 0 Å². The molecule has 0 unspecified atom stereocenters. The van der Waals surface area contributed by atoms with Crippen LogP contribution in [0.15, 0.2) is 51.7 Å². The molecule has 1 N–H and O–H groups in total. The lowest BCUT2D eigenvalue weighted by Crippen LogP contribution is -2.38. The first-order valence-corrected chi connectivity index (χ1v) is 13.4. The standard InChI is InChI=1S/C22H26N4O3S3/c1-5-12-30-22-25-24-21(31-22)23-20(27)14-26(19-13-16(3)6-9-17(19)4)32(28,29)18-10-7-15(2)8-11-18/h6-11,13H,5,12,14H2,1-4H3,(H,23,24,27). The van der Waals surface area contributed by atoms with Gasteiger partial charge in [-0.1, -0.05) is 59.9 Å². The second-order valence-electron chi connectivity index (χ2n) is 7.38. The topological polar surface area (TPSA) is 92.3 Å². The number of anilines is 2. The van der Waals surface area contributed by atoms with E-state index >= 15 is 0 Å². The summed E-state index contributed by atoms with van der Waals surface area (Å²) in [5.74, 6) is 0.433. The molecule has 0 aliphatic rings. The molecule has 0 radical (unpaired) electrons. The summed E-state index contributed by atoms with van der Waals surface area (Å²) in [5, 5.41) is 11.1. The van der Waals surface area contributed by atoms with E-state index < -0.39 is 15.9 Å². The van der Waals surface area contributed by atoms with Crippen LogP contribution in [0, 0.1) is 20.8 Å². The van der Waals surface area contributed by atoms with Gasteiger partial charge in [-0.3, -0.25) is 14.4 Å². The second-order valence-corrected chi connectivity index (χ2v) is 11.6. The fourth-order valence-corrected chi connectivity index (χ4v) is 6.09. The van der Waals surface area contributed by atoms with E-state index in [4.69, 9.17) is 0 Å². The maximum absolute atomic E-state index is 13.5. The van der Waals surface area contributed by atoms with Gasteiger partial charge in [-0.05, 0) is 56.5 Å². The van der Waals surface area contributed by atoms with Crippen LogP contribution >= 0.6 is 23.1 Å². The first kappa shape index (κ1) is 24.2. The molecule has 0 aliphatic heterocycles. The number of nitrogens with one attached hydrogen (secondary N) is 1. The van der Waals surface area contributed by atoms with Crippen molar-refractivity contribution >= 4 is 49.8 Å². The molecule has 1 amide bonds. The van der Waals surface area contributed by atoms with Crippen molar-refractivity contribution in [3.8, 4) is 0 Å². The number of rotatable bonds is 9. The molecule has 3 aromatic rings. The molecule has 0 saturated heterocycles. The van der Waals surface area contributed by atoms with Crippen molar-refractivity contribution in [3.05, 3.63) is 59.2 Å². The van der Waals surface area contributed by atoms with E-state index in [0.717, 1.165) is 37.5 Å². The molecule has 7 nitrogen and oxygen atoms in total. The molecule has 0 aliphatic carbocycles. The molecule has 0 bridgehead atoms. The lowest BCUT2D eigenvalue weighted by Gasteiger charge is -2.26. The van der Waals surface area contributed by atoms with E-state index in [2.05, 4.69) is 22.4 Å². The van der Waals surface area contributed by atoms with Crippen LogP contribution < -0.4 is 9.62 Å². The van der Waals surface area contributed by atoms with Crippen LogP contribution in [0.2, 0.25) is 0 Å². The molecule has 1 heterocycles. The van der Waals surface area contributed by atoms with E-state index in [1.807, 2.05) is 32.9 Å². The van der Waals surface area contributed by atoms with Crippen molar-refractivity contribution in [2.75, 3.05) is 21.9 Å². The summed E-state index contributed by atoms with van der Waals surface area (Å²) < 4.78 is 29.0. The van der Waals surface area contributed by atoms with E-state index in [9.17, 15) is 13.2 Å². The summed E-state index contributed by atoms with van der Waals surface area (Å²) in [6.45, 7) is 7.30. The Morgan fingerprint density at radius 1 is 1.06 bits per heavy atom. The molecular formula is C22H26N4O3S3. The van der Waals surface area contributed by atoms with Gasteiger partial charge in [-0.25, -0.2) is 8.42 Å².